The third kappa shape index (κ3) is 3.04. The van der Waals surface area contributed by atoms with Crippen LogP contribution in [0.2, 0.25) is 0 Å². The van der Waals surface area contributed by atoms with Crippen molar-refractivity contribution in [1.82, 2.24) is 14.8 Å². The number of aliphatic hydroxyl groups excluding tert-OH is 1. The van der Waals surface area contributed by atoms with Crippen molar-refractivity contribution in [2.75, 3.05) is 0 Å². The van der Waals surface area contributed by atoms with Crippen LogP contribution in [-0.4, -0.2) is 19.9 Å². The monoisotopic (exact) mass is 323 g/mol. The first-order chi connectivity index (χ1) is 9.02. The zero-order chi connectivity index (χ0) is 14.0. The Balaban J connectivity index is 2.23. The predicted molar refractivity (Wildman–Crippen MR) is 78.0 cm³/mol. The van der Waals surface area contributed by atoms with Gasteiger partial charge in [0, 0.05) is 19.2 Å². The number of hydrogen-bond acceptors (Lipinski definition) is 3. The lowest BCUT2D eigenvalue weighted by Crippen LogP contribution is -2.10. The van der Waals surface area contributed by atoms with Gasteiger partial charge in [-0.2, -0.15) is 5.10 Å². The molecule has 2 aromatic rings. The average molecular weight is 324 g/mol. The van der Waals surface area contributed by atoms with Gasteiger partial charge < -0.3 is 5.11 Å². The van der Waals surface area contributed by atoms with Crippen molar-refractivity contribution in [2.45, 2.75) is 39.8 Å². The molecule has 0 aliphatic carbocycles. The highest BCUT2D eigenvalue weighted by molar-refractivity contribution is 9.10. The third-order valence-corrected chi connectivity index (χ3v) is 4.15. The molecule has 0 saturated heterocycles. The number of aromatic nitrogens is 3. The second-order valence-corrected chi connectivity index (χ2v) is 5.44. The summed E-state index contributed by atoms with van der Waals surface area (Å²) >= 11 is 3.54. The van der Waals surface area contributed by atoms with Gasteiger partial charge in [-0.3, -0.25) is 9.67 Å². The molecule has 4 nitrogen and oxygen atoms in total. The van der Waals surface area contributed by atoms with Gasteiger partial charge in [-0.15, -0.1) is 0 Å². The van der Waals surface area contributed by atoms with Crippen LogP contribution in [0.5, 0.6) is 0 Å². The van der Waals surface area contributed by atoms with E-state index in [1.54, 1.807) is 6.20 Å². The maximum absolute atomic E-state index is 10.3. The number of hydrogen-bond donors (Lipinski definition) is 1. The molecule has 5 heteroatoms. The van der Waals surface area contributed by atoms with Gasteiger partial charge >= 0.3 is 0 Å². The minimum Gasteiger partial charge on any atom is -0.386 e. The molecule has 2 aromatic heterocycles. The summed E-state index contributed by atoms with van der Waals surface area (Å²) in [5.41, 5.74) is 3.74. The largest absolute Gasteiger partial charge is 0.386 e. The SMILES string of the molecule is CCn1nc(C)c(Br)c1CC(O)c1ccc(C)cn1. The average Bonchev–Trinajstić information content (AvgIpc) is 2.67. The lowest BCUT2D eigenvalue weighted by Gasteiger charge is -2.12. The summed E-state index contributed by atoms with van der Waals surface area (Å²) in [4.78, 5) is 4.27. The maximum atomic E-state index is 10.3. The lowest BCUT2D eigenvalue weighted by molar-refractivity contribution is 0.170. The quantitative estimate of drug-likeness (QED) is 0.941. The molecule has 2 rings (SSSR count). The fourth-order valence-corrected chi connectivity index (χ4v) is 2.47. The number of aliphatic hydroxyl groups is 1. The fraction of sp³-hybridized carbons (Fsp3) is 0.429. The Kier molecular flexibility index (Phi) is 4.37. The molecule has 1 N–H and O–H groups in total. The van der Waals surface area contributed by atoms with Gasteiger partial charge in [0.05, 0.1) is 21.6 Å². The molecule has 0 spiro atoms. The van der Waals surface area contributed by atoms with Crippen LogP contribution in [0.15, 0.2) is 22.8 Å². The maximum Gasteiger partial charge on any atom is 0.101 e. The van der Waals surface area contributed by atoms with E-state index in [1.165, 1.54) is 0 Å². The summed E-state index contributed by atoms with van der Waals surface area (Å²) in [6.07, 6.45) is 1.67. The van der Waals surface area contributed by atoms with E-state index >= 15 is 0 Å². The number of nitrogens with zero attached hydrogens (tertiary/aromatic N) is 3. The minimum absolute atomic E-state index is 0.505. The molecule has 1 unspecified atom stereocenters. The highest BCUT2D eigenvalue weighted by Gasteiger charge is 2.17. The van der Waals surface area contributed by atoms with Crippen LogP contribution in [0.3, 0.4) is 0 Å². The Morgan fingerprint density at radius 2 is 2.11 bits per heavy atom. The van der Waals surface area contributed by atoms with Crippen LogP contribution >= 0.6 is 15.9 Å². The first-order valence-corrected chi connectivity index (χ1v) is 7.14. The number of aryl methyl sites for hydroxylation is 3. The van der Waals surface area contributed by atoms with E-state index in [2.05, 4.69) is 26.0 Å². The van der Waals surface area contributed by atoms with Gasteiger partial charge in [-0.05, 0) is 48.3 Å². The molecule has 0 aliphatic rings. The molecule has 0 fully saturated rings. The smallest absolute Gasteiger partial charge is 0.101 e. The third-order valence-electron chi connectivity index (χ3n) is 3.12. The first kappa shape index (κ1) is 14.2. The standard InChI is InChI=1S/C14H18BrN3O/c1-4-18-12(14(15)10(3)17-18)7-13(19)11-6-5-9(2)8-16-11/h5-6,8,13,19H,4,7H2,1-3H3. The number of halogens is 1. The molecule has 1 atom stereocenters. The van der Waals surface area contributed by atoms with Gasteiger partial charge in [0.2, 0.25) is 0 Å². The lowest BCUT2D eigenvalue weighted by atomic mass is 10.1. The minimum atomic E-state index is -0.613. The van der Waals surface area contributed by atoms with Crippen molar-refractivity contribution in [3.05, 3.63) is 45.4 Å². The molecule has 19 heavy (non-hydrogen) atoms. The molecule has 0 amide bonds. The van der Waals surface area contributed by atoms with E-state index in [9.17, 15) is 5.11 Å². The van der Waals surface area contributed by atoms with Crippen molar-refractivity contribution < 1.29 is 5.11 Å². The Labute approximate surface area is 121 Å². The van der Waals surface area contributed by atoms with E-state index in [0.717, 1.165) is 28.0 Å². The summed E-state index contributed by atoms with van der Waals surface area (Å²) < 4.78 is 2.89. The van der Waals surface area contributed by atoms with Crippen molar-refractivity contribution in [2.24, 2.45) is 0 Å². The Bertz CT molecular complexity index is 563. The summed E-state index contributed by atoms with van der Waals surface area (Å²) in [6.45, 7) is 6.76. The summed E-state index contributed by atoms with van der Waals surface area (Å²) in [6, 6.07) is 3.83. The van der Waals surface area contributed by atoms with Gasteiger partial charge in [0.1, 0.15) is 6.10 Å². The van der Waals surface area contributed by atoms with Crippen LogP contribution in [-0.2, 0) is 13.0 Å². The second kappa shape index (κ2) is 5.84. The highest BCUT2D eigenvalue weighted by Crippen LogP contribution is 2.26. The van der Waals surface area contributed by atoms with Crippen LogP contribution in [0.25, 0.3) is 0 Å². The van der Waals surface area contributed by atoms with E-state index in [1.807, 2.05) is 37.6 Å². The van der Waals surface area contributed by atoms with Crippen molar-refractivity contribution in [3.8, 4) is 0 Å². The van der Waals surface area contributed by atoms with Crippen LogP contribution < -0.4 is 0 Å². The highest BCUT2D eigenvalue weighted by atomic mass is 79.9. The molecule has 2 heterocycles. The molecular weight excluding hydrogens is 306 g/mol. The van der Waals surface area contributed by atoms with E-state index < -0.39 is 6.10 Å². The van der Waals surface area contributed by atoms with Gasteiger partial charge in [-0.25, -0.2) is 0 Å². The molecule has 0 saturated carbocycles. The normalized spacial score (nSPS) is 12.7. The van der Waals surface area contributed by atoms with Crippen molar-refractivity contribution >= 4 is 15.9 Å². The fourth-order valence-electron chi connectivity index (χ4n) is 2.03. The van der Waals surface area contributed by atoms with Gasteiger partial charge in [0.15, 0.2) is 0 Å². The Hall–Kier alpha value is -1.20. The molecule has 0 bridgehead atoms. The van der Waals surface area contributed by atoms with Gasteiger partial charge in [0.25, 0.3) is 0 Å². The van der Waals surface area contributed by atoms with Crippen LogP contribution in [0.1, 0.15) is 35.7 Å². The molecule has 0 radical (unpaired) electrons. The van der Waals surface area contributed by atoms with Gasteiger partial charge in [-0.1, -0.05) is 6.07 Å². The summed E-state index contributed by atoms with van der Waals surface area (Å²) in [7, 11) is 0. The van der Waals surface area contributed by atoms with Crippen molar-refractivity contribution in [1.29, 1.82) is 0 Å². The molecule has 0 aromatic carbocycles. The Morgan fingerprint density at radius 3 is 2.68 bits per heavy atom. The second-order valence-electron chi connectivity index (χ2n) is 4.64. The first-order valence-electron chi connectivity index (χ1n) is 6.35. The van der Waals surface area contributed by atoms with Crippen molar-refractivity contribution in [3.63, 3.8) is 0 Å². The number of rotatable bonds is 4. The topological polar surface area (TPSA) is 50.9 Å². The molecule has 0 aliphatic heterocycles. The van der Waals surface area contributed by atoms with Crippen LogP contribution in [0, 0.1) is 13.8 Å². The van der Waals surface area contributed by atoms with E-state index in [-0.39, 0.29) is 0 Å². The zero-order valence-corrected chi connectivity index (χ0v) is 13.0. The Morgan fingerprint density at radius 1 is 1.37 bits per heavy atom. The van der Waals surface area contributed by atoms with E-state index in [0.29, 0.717) is 12.1 Å². The van der Waals surface area contributed by atoms with Crippen LogP contribution in [0.4, 0.5) is 0 Å². The van der Waals surface area contributed by atoms with E-state index in [4.69, 9.17) is 0 Å². The molecule has 102 valence electrons. The molecular formula is C14H18BrN3O. The number of pyridine rings is 1. The zero-order valence-electron chi connectivity index (χ0n) is 11.4. The summed E-state index contributed by atoms with van der Waals surface area (Å²) in [5.74, 6) is 0. The summed E-state index contributed by atoms with van der Waals surface area (Å²) in [5, 5.41) is 14.7. The predicted octanol–water partition coefficient (Wildman–Crippen LogP) is 2.95.